The largest absolute Gasteiger partial charge is 0.477 e. The average molecular weight is 681 g/mol. The molecular weight excluding hydrogens is 606 g/mol. The van der Waals surface area contributed by atoms with Gasteiger partial charge in [0.15, 0.2) is 12.1 Å². The summed E-state index contributed by atoms with van der Waals surface area (Å²) in [7, 11) is 5.51. The minimum Gasteiger partial charge on any atom is -0.477 e. The topological polar surface area (TPSA) is 99.1 Å². The van der Waals surface area contributed by atoms with Crippen molar-refractivity contribution in [3.05, 3.63) is 24.3 Å². The van der Waals surface area contributed by atoms with Crippen LogP contribution in [0.5, 0.6) is 0 Å². The number of quaternary nitrogens is 1. The molecule has 2 unspecified atom stereocenters. The third kappa shape index (κ3) is 29.9. The zero-order valence-electron chi connectivity index (χ0n) is 31.7. The summed E-state index contributed by atoms with van der Waals surface area (Å²) >= 11 is 0. The van der Waals surface area contributed by atoms with Gasteiger partial charge in [-0.25, -0.2) is 4.79 Å². The van der Waals surface area contributed by atoms with Crippen LogP contribution in [0.3, 0.4) is 0 Å². The highest BCUT2D eigenvalue weighted by molar-refractivity contribution is 5.72. The summed E-state index contributed by atoms with van der Waals surface area (Å²) in [5, 5.41) is 9.57. The molecule has 0 rings (SSSR count). The van der Waals surface area contributed by atoms with E-state index in [4.69, 9.17) is 14.2 Å². The highest BCUT2D eigenvalue weighted by Gasteiger charge is 2.31. The van der Waals surface area contributed by atoms with E-state index in [1.165, 1.54) is 77.0 Å². The van der Waals surface area contributed by atoms with Crippen LogP contribution in [0.15, 0.2) is 24.3 Å². The van der Waals surface area contributed by atoms with Gasteiger partial charge in [0.25, 0.3) is 0 Å². The zero-order chi connectivity index (χ0) is 35.7. The van der Waals surface area contributed by atoms with E-state index >= 15 is 0 Å². The summed E-state index contributed by atoms with van der Waals surface area (Å²) in [6.07, 6.45) is 32.1. The molecule has 0 aliphatic rings. The molecule has 0 saturated carbocycles. The fourth-order valence-corrected chi connectivity index (χ4v) is 5.55. The van der Waals surface area contributed by atoms with Gasteiger partial charge in [-0.1, -0.05) is 128 Å². The van der Waals surface area contributed by atoms with E-state index in [1.807, 2.05) is 21.1 Å². The van der Waals surface area contributed by atoms with Gasteiger partial charge in [0.1, 0.15) is 6.61 Å². The van der Waals surface area contributed by atoms with E-state index in [-0.39, 0.29) is 36.2 Å². The Labute approximate surface area is 294 Å². The lowest BCUT2D eigenvalue weighted by molar-refractivity contribution is -0.887. The van der Waals surface area contributed by atoms with Crippen molar-refractivity contribution in [2.75, 3.05) is 41.0 Å². The molecule has 8 nitrogen and oxygen atoms in total. The molecular formula is C40H74NO7+. The molecule has 1 N–H and O–H groups in total. The number of hydrogen-bond donors (Lipinski definition) is 1. The lowest BCUT2D eigenvalue weighted by Crippen LogP contribution is -2.50. The number of carboxylic acid groups (broad SMARTS) is 1. The number of rotatable bonds is 34. The highest BCUT2D eigenvalue weighted by atomic mass is 16.6. The Morgan fingerprint density at radius 2 is 1.08 bits per heavy atom. The van der Waals surface area contributed by atoms with Gasteiger partial charge < -0.3 is 23.8 Å². The maximum atomic E-state index is 12.6. The SMILES string of the molecule is CCCCC/C=C/C=C/CCCCCCCCC(=O)OC(COCCC(C(=O)O)[N+](C)(C)C)COC(=O)CCCCCCCCCCC. The van der Waals surface area contributed by atoms with Crippen molar-refractivity contribution >= 4 is 17.9 Å². The Hall–Kier alpha value is -2.19. The Balaban J connectivity index is 4.42. The lowest BCUT2D eigenvalue weighted by Gasteiger charge is -2.31. The summed E-state index contributed by atoms with van der Waals surface area (Å²) in [5.74, 6) is -1.48. The predicted molar refractivity (Wildman–Crippen MR) is 197 cm³/mol. The second-order valence-electron chi connectivity index (χ2n) is 14.2. The monoisotopic (exact) mass is 681 g/mol. The number of carbonyl (C=O) groups is 3. The van der Waals surface area contributed by atoms with Gasteiger partial charge in [-0.05, 0) is 38.5 Å². The molecule has 0 radical (unpaired) electrons. The Kier molecular flexibility index (Phi) is 30.6. The summed E-state index contributed by atoms with van der Waals surface area (Å²) in [6.45, 7) is 4.66. The van der Waals surface area contributed by atoms with E-state index in [1.54, 1.807) is 0 Å². The first kappa shape index (κ1) is 45.8. The van der Waals surface area contributed by atoms with Crippen molar-refractivity contribution in [2.24, 2.45) is 0 Å². The molecule has 0 saturated heterocycles. The molecule has 0 aromatic rings. The molecule has 0 heterocycles. The van der Waals surface area contributed by atoms with Crippen LogP contribution < -0.4 is 0 Å². The van der Waals surface area contributed by atoms with Gasteiger partial charge in [0, 0.05) is 19.3 Å². The van der Waals surface area contributed by atoms with Crippen LogP contribution in [0.25, 0.3) is 0 Å². The molecule has 0 fully saturated rings. The van der Waals surface area contributed by atoms with E-state index in [0.29, 0.717) is 19.3 Å². The third-order valence-corrected chi connectivity index (χ3v) is 8.63. The highest BCUT2D eigenvalue weighted by Crippen LogP contribution is 2.13. The molecule has 0 bridgehead atoms. The van der Waals surface area contributed by atoms with Gasteiger partial charge in [0.2, 0.25) is 0 Å². The molecule has 0 aliphatic carbocycles. The maximum Gasteiger partial charge on any atom is 0.362 e. The fourth-order valence-electron chi connectivity index (χ4n) is 5.55. The number of likely N-dealkylation sites (N-methyl/N-ethyl adjacent to an activating group) is 1. The van der Waals surface area contributed by atoms with E-state index in [0.717, 1.165) is 51.4 Å². The van der Waals surface area contributed by atoms with E-state index in [2.05, 4.69) is 38.2 Å². The van der Waals surface area contributed by atoms with Gasteiger partial charge in [-0.3, -0.25) is 9.59 Å². The van der Waals surface area contributed by atoms with Crippen LogP contribution in [0.1, 0.15) is 162 Å². The van der Waals surface area contributed by atoms with E-state index in [9.17, 15) is 19.5 Å². The van der Waals surface area contributed by atoms with Crippen LogP contribution in [-0.4, -0.2) is 80.6 Å². The molecule has 0 spiro atoms. The second kappa shape index (κ2) is 32.0. The molecule has 8 heteroatoms. The van der Waals surface area contributed by atoms with Crippen molar-refractivity contribution in [3.63, 3.8) is 0 Å². The lowest BCUT2D eigenvalue weighted by atomic mass is 10.1. The van der Waals surface area contributed by atoms with Crippen molar-refractivity contribution < 1.29 is 38.2 Å². The number of esters is 2. The third-order valence-electron chi connectivity index (χ3n) is 8.63. The van der Waals surface area contributed by atoms with Gasteiger partial charge in [-0.2, -0.15) is 0 Å². The van der Waals surface area contributed by atoms with Crippen molar-refractivity contribution in [1.82, 2.24) is 0 Å². The summed E-state index contributed by atoms with van der Waals surface area (Å²) in [5.41, 5.74) is 0. The zero-order valence-corrected chi connectivity index (χ0v) is 31.7. The molecule has 0 aromatic carbocycles. The van der Waals surface area contributed by atoms with Crippen LogP contribution in [0.2, 0.25) is 0 Å². The smallest absolute Gasteiger partial charge is 0.362 e. The van der Waals surface area contributed by atoms with Crippen LogP contribution in [0, 0.1) is 0 Å². The first-order chi connectivity index (χ1) is 23.1. The van der Waals surface area contributed by atoms with Crippen molar-refractivity contribution in [1.29, 1.82) is 0 Å². The molecule has 280 valence electrons. The van der Waals surface area contributed by atoms with Gasteiger partial charge >= 0.3 is 17.9 Å². The maximum absolute atomic E-state index is 12.6. The number of hydrogen-bond acceptors (Lipinski definition) is 6. The summed E-state index contributed by atoms with van der Waals surface area (Å²) < 4.78 is 17.2. The first-order valence-electron chi connectivity index (χ1n) is 19.4. The first-order valence-corrected chi connectivity index (χ1v) is 19.4. The van der Waals surface area contributed by atoms with Gasteiger partial charge in [-0.15, -0.1) is 0 Å². The predicted octanol–water partition coefficient (Wildman–Crippen LogP) is 9.74. The Bertz CT molecular complexity index is 849. The second-order valence-corrected chi connectivity index (χ2v) is 14.2. The number of allylic oxidation sites excluding steroid dienone is 4. The van der Waals surface area contributed by atoms with Crippen LogP contribution >= 0.6 is 0 Å². The summed E-state index contributed by atoms with van der Waals surface area (Å²) in [4.78, 5) is 36.7. The number of nitrogens with zero attached hydrogens (tertiary/aromatic N) is 1. The minimum absolute atomic E-state index is 0.0528. The van der Waals surface area contributed by atoms with Crippen LogP contribution in [-0.2, 0) is 28.6 Å². The Morgan fingerprint density at radius 1 is 0.625 bits per heavy atom. The summed E-state index contributed by atoms with van der Waals surface area (Å²) in [6, 6.07) is -0.612. The quantitative estimate of drug-likeness (QED) is 0.0313. The number of carbonyl (C=O) groups excluding carboxylic acids is 2. The molecule has 2 atom stereocenters. The molecule has 0 aliphatic heterocycles. The average Bonchev–Trinajstić information content (AvgIpc) is 3.03. The number of aliphatic carboxylic acids is 1. The number of carboxylic acids is 1. The van der Waals surface area contributed by atoms with E-state index < -0.39 is 18.1 Å². The number of ether oxygens (including phenoxy) is 3. The normalized spacial score (nSPS) is 13.3. The van der Waals surface area contributed by atoms with Gasteiger partial charge in [0.05, 0.1) is 34.4 Å². The molecule has 0 aromatic heterocycles. The molecule has 48 heavy (non-hydrogen) atoms. The standard InChI is InChI=1S/C40H73NO7/c1-6-8-10-12-14-16-17-18-19-20-21-23-25-27-29-31-39(43)48-36(34-46-33-32-37(40(44)45)41(3,4)5)35-47-38(42)30-28-26-24-22-15-13-11-9-7-2/h14,16-18,36-37H,6-13,15,19-35H2,1-5H3/p+1/b16-14+,18-17+. The van der Waals surface area contributed by atoms with Crippen molar-refractivity contribution in [3.8, 4) is 0 Å². The van der Waals surface area contributed by atoms with Crippen molar-refractivity contribution in [2.45, 2.75) is 174 Å². The van der Waals surface area contributed by atoms with Crippen LogP contribution in [0.4, 0.5) is 0 Å². The Morgan fingerprint density at radius 3 is 1.60 bits per heavy atom. The number of unbranched alkanes of at least 4 members (excludes halogenated alkanes) is 17. The fraction of sp³-hybridized carbons (Fsp3) is 0.825. The minimum atomic E-state index is -0.878. The molecule has 0 amide bonds.